The molecule has 0 spiro atoms. The summed E-state index contributed by atoms with van der Waals surface area (Å²) in [6.45, 7) is 1.76. The predicted octanol–water partition coefficient (Wildman–Crippen LogP) is 1.84. The van der Waals surface area contributed by atoms with Crippen LogP contribution in [0.2, 0.25) is 0 Å². The van der Waals surface area contributed by atoms with Crippen LogP contribution in [0.1, 0.15) is 37.7 Å². The summed E-state index contributed by atoms with van der Waals surface area (Å²) in [7, 11) is 0. The minimum Gasteiger partial charge on any atom is -0.355 e. The Morgan fingerprint density at radius 3 is 2.81 bits per heavy atom. The number of amides is 1. The highest BCUT2D eigenvalue weighted by molar-refractivity contribution is 5.79. The number of pyridine rings is 1. The number of aromatic nitrogens is 1. The quantitative estimate of drug-likeness (QED) is 0.919. The van der Waals surface area contributed by atoms with E-state index in [-0.39, 0.29) is 17.9 Å². The van der Waals surface area contributed by atoms with Crippen molar-refractivity contribution in [2.75, 3.05) is 18.0 Å². The van der Waals surface area contributed by atoms with E-state index in [2.05, 4.69) is 21.3 Å². The maximum Gasteiger partial charge on any atom is 0.223 e. The van der Waals surface area contributed by atoms with Crippen molar-refractivity contribution >= 4 is 11.7 Å². The van der Waals surface area contributed by atoms with E-state index in [9.17, 15) is 4.79 Å². The lowest BCUT2D eigenvalue weighted by molar-refractivity contribution is -0.128. The third-order valence-electron chi connectivity index (χ3n) is 4.44. The topological polar surface area (TPSA) is 69.0 Å². The van der Waals surface area contributed by atoms with Crippen LogP contribution in [0.3, 0.4) is 0 Å². The van der Waals surface area contributed by atoms with Gasteiger partial charge in [0.25, 0.3) is 0 Å². The van der Waals surface area contributed by atoms with Crippen LogP contribution in [0.5, 0.6) is 0 Å². The Balaban J connectivity index is 1.59. The molecule has 0 radical (unpaired) electrons. The number of rotatable bonds is 3. The first-order chi connectivity index (χ1) is 10.3. The molecule has 5 nitrogen and oxygen atoms in total. The first kappa shape index (κ1) is 13.9. The van der Waals surface area contributed by atoms with E-state index in [1.54, 1.807) is 12.3 Å². The van der Waals surface area contributed by atoms with Crippen molar-refractivity contribution in [3.8, 4) is 6.07 Å². The molecule has 1 atom stereocenters. The molecule has 1 aliphatic carbocycles. The van der Waals surface area contributed by atoms with Crippen LogP contribution in [0.15, 0.2) is 18.3 Å². The van der Waals surface area contributed by atoms with E-state index in [4.69, 9.17) is 5.26 Å². The molecule has 1 N–H and O–H groups in total. The van der Waals surface area contributed by atoms with Crippen LogP contribution >= 0.6 is 0 Å². The van der Waals surface area contributed by atoms with Crippen LogP contribution < -0.4 is 10.2 Å². The largest absolute Gasteiger partial charge is 0.355 e. The number of carbonyl (C=O) groups is 1. The summed E-state index contributed by atoms with van der Waals surface area (Å²) in [5.74, 6) is 1.35. The summed E-state index contributed by atoms with van der Waals surface area (Å²) in [6.07, 6.45) is 6.96. The average Bonchev–Trinajstić information content (AvgIpc) is 2.46. The fourth-order valence-corrected chi connectivity index (χ4v) is 2.93. The minimum absolute atomic E-state index is 0.212. The summed E-state index contributed by atoms with van der Waals surface area (Å²) in [5, 5.41) is 12.0. The van der Waals surface area contributed by atoms with Gasteiger partial charge in [0, 0.05) is 31.2 Å². The third-order valence-corrected chi connectivity index (χ3v) is 4.44. The molecule has 0 aromatic carbocycles. The molecule has 3 rings (SSSR count). The monoisotopic (exact) mass is 284 g/mol. The fourth-order valence-electron chi connectivity index (χ4n) is 2.93. The molecule has 5 heteroatoms. The lowest BCUT2D eigenvalue weighted by Gasteiger charge is -2.35. The maximum atomic E-state index is 12.0. The van der Waals surface area contributed by atoms with Crippen molar-refractivity contribution < 1.29 is 4.79 Å². The first-order valence-electron chi connectivity index (χ1n) is 7.68. The summed E-state index contributed by atoms with van der Waals surface area (Å²) < 4.78 is 0. The van der Waals surface area contributed by atoms with Crippen LogP contribution in [-0.2, 0) is 4.79 Å². The number of nitrogens with one attached hydrogen (secondary N) is 1. The molecule has 1 aliphatic heterocycles. The van der Waals surface area contributed by atoms with Crippen molar-refractivity contribution in [2.45, 2.75) is 38.1 Å². The Morgan fingerprint density at radius 1 is 1.33 bits per heavy atom. The third kappa shape index (κ3) is 3.15. The molecule has 2 fully saturated rings. The molecular formula is C16H20N4O. The van der Waals surface area contributed by atoms with E-state index < -0.39 is 0 Å². The van der Waals surface area contributed by atoms with Crippen LogP contribution in [-0.4, -0.2) is 30.0 Å². The van der Waals surface area contributed by atoms with Gasteiger partial charge in [0.2, 0.25) is 5.91 Å². The van der Waals surface area contributed by atoms with Crippen LogP contribution in [0.25, 0.3) is 0 Å². The summed E-state index contributed by atoms with van der Waals surface area (Å²) in [6, 6.07) is 5.97. The van der Waals surface area contributed by atoms with Crippen LogP contribution in [0.4, 0.5) is 5.82 Å². The van der Waals surface area contributed by atoms with Gasteiger partial charge in [-0.3, -0.25) is 4.79 Å². The molecule has 2 heterocycles. The summed E-state index contributed by atoms with van der Waals surface area (Å²) >= 11 is 0. The van der Waals surface area contributed by atoms with Crippen molar-refractivity contribution in [1.82, 2.24) is 10.3 Å². The molecule has 1 saturated heterocycles. The molecule has 1 amide bonds. The van der Waals surface area contributed by atoms with Gasteiger partial charge in [-0.1, -0.05) is 6.42 Å². The molecule has 2 aliphatic rings. The van der Waals surface area contributed by atoms with Gasteiger partial charge in [-0.2, -0.15) is 5.26 Å². The Kier molecular flexibility index (Phi) is 4.05. The van der Waals surface area contributed by atoms with Gasteiger partial charge >= 0.3 is 0 Å². The van der Waals surface area contributed by atoms with E-state index >= 15 is 0 Å². The zero-order valence-electron chi connectivity index (χ0n) is 12.1. The van der Waals surface area contributed by atoms with Gasteiger partial charge in [-0.25, -0.2) is 4.98 Å². The van der Waals surface area contributed by atoms with Gasteiger partial charge in [0.15, 0.2) is 0 Å². The Bertz CT molecular complexity index is 544. The highest BCUT2D eigenvalue weighted by Crippen LogP contribution is 2.27. The van der Waals surface area contributed by atoms with E-state index in [1.165, 1.54) is 6.42 Å². The number of nitriles is 1. The van der Waals surface area contributed by atoms with Gasteiger partial charge in [-0.15, -0.1) is 0 Å². The SMILES string of the molecule is N#Cc1ccc(N2CCCC(NC(=O)C3CCC3)C2)nc1. The van der Waals surface area contributed by atoms with Crippen molar-refractivity contribution in [1.29, 1.82) is 5.26 Å². The zero-order chi connectivity index (χ0) is 14.7. The molecule has 1 aromatic heterocycles. The Morgan fingerprint density at radius 2 is 2.19 bits per heavy atom. The normalized spacial score (nSPS) is 22.2. The number of nitrogens with zero attached hydrogens (tertiary/aromatic N) is 3. The smallest absolute Gasteiger partial charge is 0.223 e. The van der Waals surface area contributed by atoms with Gasteiger partial charge < -0.3 is 10.2 Å². The average molecular weight is 284 g/mol. The molecule has 1 saturated carbocycles. The lowest BCUT2D eigenvalue weighted by atomic mass is 9.84. The molecule has 1 aromatic rings. The van der Waals surface area contributed by atoms with Crippen LogP contribution in [0, 0.1) is 17.2 Å². The van der Waals surface area contributed by atoms with Gasteiger partial charge in [-0.05, 0) is 37.8 Å². The van der Waals surface area contributed by atoms with E-state index in [0.29, 0.717) is 5.56 Å². The first-order valence-corrected chi connectivity index (χ1v) is 7.68. The van der Waals surface area contributed by atoms with Crippen molar-refractivity contribution in [3.63, 3.8) is 0 Å². The second kappa shape index (κ2) is 6.13. The predicted molar refractivity (Wildman–Crippen MR) is 79.7 cm³/mol. The van der Waals surface area contributed by atoms with Crippen molar-refractivity contribution in [3.05, 3.63) is 23.9 Å². The van der Waals surface area contributed by atoms with E-state index in [0.717, 1.165) is 44.6 Å². The molecule has 110 valence electrons. The number of carbonyl (C=O) groups excluding carboxylic acids is 1. The lowest BCUT2D eigenvalue weighted by Crippen LogP contribution is -2.50. The summed E-state index contributed by atoms with van der Waals surface area (Å²) in [4.78, 5) is 18.6. The highest BCUT2D eigenvalue weighted by atomic mass is 16.2. The van der Waals surface area contributed by atoms with Gasteiger partial charge in [0.05, 0.1) is 5.56 Å². The Hall–Kier alpha value is -2.09. The van der Waals surface area contributed by atoms with E-state index in [1.807, 2.05) is 6.07 Å². The molecule has 0 bridgehead atoms. The number of piperidine rings is 1. The second-order valence-electron chi connectivity index (χ2n) is 5.94. The standard InChI is InChI=1S/C16H20N4O/c17-9-12-6-7-15(18-10-12)20-8-2-5-14(11-20)19-16(21)13-3-1-4-13/h6-7,10,13-14H,1-5,8,11H2,(H,19,21). The van der Waals surface area contributed by atoms with Crippen molar-refractivity contribution in [2.24, 2.45) is 5.92 Å². The second-order valence-corrected chi connectivity index (χ2v) is 5.94. The fraction of sp³-hybridized carbons (Fsp3) is 0.562. The zero-order valence-corrected chi connectivity index (χ0v) is 12.1. The minimum atomic E-state index is 0.212. The molecule has 21 heavy (non-hydrogen) atoms. The molecular weight excluding hydrogens is 264 g/mol. The summed E-state index contributed by atoms with van der Waals surface area (Å²) in [5.41, 5.74) is 0.575. The van der Waals surface area contributed by atoms with Gasteiger partial charge in [0.1, 0.15) is 11.9 Å². The maximum absolute atomic E-state index is 12.0. The Labute approximate surface area is 125 Å². The molecule has 1 unspecified atom stereocenters. The number of hydrogen-bond acceptors (Lipinski definition) is 4. The number of anilines is 1. The highest BCUT2D eigenvalue weighted by Gasteiger charge is 2.28. The number of hydrogen-bond donors (Lipinski definition) is 1.